The molecule has 0 saturated heterocycles. The molecule has 0 nitrogen and oxygen atoms in total. The molecular formula is C10H18F2. The Morgan fingerprint density at radius 3 is 2.17 bits per heavy atom. The van der Waals surface area contributed by atoms with Gasteiger partial charge in [0, 0.05) is 5.92 Å². The molecular weight excluding hydrogens is 158 g/mol. The van der Waals surface area contributed by atoms with E-state index in [9.17, 15) is 8.78 Å². The van der Waals surface area contributed by atoms with Crippen LogP contribution >= 0.6 is 0 Å². The molecule has 0 aromatic heterocycles. The van der Waals surface area contributed by atoms with E-state index < -0.39 is 6.43 Å². The van der Waals surface area contributed by atoms with Gasteiger partial charge in [0.15, 0.2) is 0 Å². The summed E-state index contributed by atoms with van der Waals surface area (Å²) in [6.07, 6.45) is 0.471. The molecule has 0 radical (unpaired) electrons. The van der Waals surface area contributed by atoms with Crippen molar-refractivity contribution >= 4 is 0 Å². The van der Waals surface area contributed by atoms with Crippen molar-refractivity contribution < 1.29 is 8.78 Å². The van der Waals surface area contributed by atoms with E-state index in [1.807, 2.05) is 0 Å². The summed E-state index contributed by atoms with van der Waals surface area (Å²) in [7, 11) is 0. The second-order valence-corrected chi connectivity index (χ2v) is 4.60. The smallest absolute Gasteiger partial charge is 0.210 e. The largest absolute Gasteiger partial charge is 0.241 e. The number of alkyl halides is 2. The van der Waals surface area contributed by atoms with Crippen LogP contribution in [0.1, 0.15) is 40.0 Å². The minimum Gasteiger partial charge on any atom is -0.210 e. The van der Waals surface area contributed by atoms with Gasteiger partial charge in [-0.2, -0.15) is 0 Å². The number of rotatable bonds is 3. The molecule has 0 aliphatic heterocycles. The third-order valence-corrected chi connectivity index (χ3v) is 3.55. The average Bonchev–Trinajstić information content (AvgIpc) is 1.82. The molecule has 0 aromatic carbocycles. The maximum absolute atomic E-state index is 12.1. The highest BCUT2D eigenvalue weighted by molar-refractivity contribution is 4.89. The third-order valence-electron chi connectivity index (χ3n) is 3.55. The Balaban J connectivity index is 2.34. The molecule has 12 heavy (non-hydrogen) atoms. The van der Waals surface area contributed by atoms with Crippen LogP contribution in [0.25, 0.3) is 0 Å². The minimum absolute atomic E-state index is 0.269. The quantitative estimate of drug-likeness (QED) is 0.615. The first kappa shape index (κ1) is 9.94. The number of hydrogen-bond acceptors (Lipinski definition) is 0. The number of halogens is 2. The van der Waals surface area contributed by atoms with Crippen LogP contribution in [-0.4, -0.2) is 6.43 Å². The van der Waals surface area contributed by atoms with Crippen molar-refractivity contribution in [3.63, 3.8) is 0 Å². The summed E-state index contributed by atoms with van der Waals surface area (Å²) < 4.78 is 24.3. The highest BCUT2D eigenvalue weighted by Crippen LogP contribution is 2.48. The van der Waals surface area contributed by atoms with E-state index in [1.165, 1.54) is 0 Å². The molecule has 0 atom stereocenters. The molecule has 0 spiro atoms. The van der Waals surface area contributed by atoms with Crippen LogP contribution < -0.4 is 0 Å². The second-order valence-electron chi connectivity index (χ2n) is 4.60. The maximum atomic E-state index is 12.1. The van der Waals surface area contributed by atoms with Gasteiger partial charge in [-0.05, 0) is 24.2 Å². The fourth-order valence-electron chi connectivity index (χ4n) is 1.79. The van der Waals surface area contributed by atoms with Gasteiger partial charge in [-0.1, -0.05) is 27.2 Å². The molecule has 0 bridgehead atoms. The van der Waals surface area contributed by atoms with Crippen molar-refractivity contribution in [1.29, 1.82) is 0 Å². The standard InChI is InChI=1S/C10H18F2/c1-4-10(2,3)8-5-7(6-8)9(11)12/h7-9H,4-6H2,1-3H3. The average molecular weight is 176 g/mol. The fourth-order valence-corrected chi connectivity index (χ4v) is 1.79. The molecule has 1 aliphatic rings. The zero-order chi connectivity index (χ0) is 9.35. The lowest BCUT2D eigenvalue weighted by atomic mass is 9.61. The minimum atomic E-state index is -2.09. The molecule has 0 aromatic rings. The van der Waals surface area contributed by atoms with Gasteiger partial charge in [0.25, 0.3) is 0 Å². The van der Waals surface area contributed by atoms with Crippen molar-refractivity contribution in [3.05, 3.63) is 0 Å². The summed E-state index contributed by atoms with van der Waals surface area (Å²) in [6.45, 7) is 6.49. The predicted octanol–water partition coefficient (Wildman–Crippen LogP) is 3.71. The van der Waals surface area contributed by atoms with Gasteiger partial charge in [0.1, 0.15) is 0 Å². The zero-order valence-corrected chi connectivity index (χ0v) is 8.11. The first-order chi connectivity index (χ1) is 5.47. The topological polar surface area (TPSA) is 0 Å². The van der Waals surface area contributed by atoms with Gasteiger partial charge >= 0.3 is 0 Å². The van der Waals surface area contributed by atoms with Gasteiger partial charge < -0.3 is 0 Å². The Kier molecular flexibility index (Phi) is 2.74. The van der Waals surface area contributed by atoms with Crippen LogP contribution in [0.5, 0.6) is 0 Å². The molecule has 1 saturated carbocycles. The van der Waals surface area contributed by atoms with E-state index in [4.69, 9.17) is 0 Å². The molecule has 0 amide bonds. The molecule has 72 valence electrons. The predicted molar refractivity (Wildman–Crippen MR) is 46.3 cm³/mol. The van der Waals surface area contributed by atoms with Crippen LogP contribution in [-0.2, 0) is 0 Å². The van der Waals surface area contributed by atoms with Gasteiger partial charge in [0.2, 0.25) is 6.43 Å². The normalized spacial score (nSPS) is 30.5. The Hall–Kier alpha value is -0.140. The summed E-state index contributed by atoms with van der Waals surface area (Å²) >= 11 is 0. The lowest BCUT2D eigenvalue weighted by molar-refractivity contribution is -0.0383. The lowest BCUT2D eigenvalue weighted by Crippen LogP contribution is -2.38. The Bertz CT molecular complexity index is 146. The first-order valence-electron chi connectivity index (χ1n) is 4.75. The van der Waals surface area contributed by atoms with Crippen LogP contribution in [0.2, 0.25) is 0 Å². The molecule has 0 heterocycles. The fraction of sp³-hybridized carbons (Fsp3) is 1.00. The molecule has 1 fully saturated rings. The van der Waals surface area contributed by atoms with E-state index in [1.54, 1.807) is 0 Å². The summed E-state index contributed by atoms with van der Waals surface area (Å²) in [5.74, 6) is 0.224. The SMILES string of the molecule is CCC(C)(C)C1CC(C(F)F)C1. The van der Waals surface area contributed by atoms with Crippen LogP contribution in [0.4, 0.5) is 8.78 Å². The van der Waals surface area contributed by atoms with E-state index >= 15 is 0 Å². The van der Waals surface area contributed by atoms with Gasteiger partial charge in [-0.25, -0.2) is 8.78 Å². The Morgan fingerprint density at radius 1 is 1.33 bits per heavy atom. The Labute approximate surface area is 73.3 Å². The van der Waals surface area contributed by atoms with Crippen molar-refractivity contribution in [2.24, 2.45) is 17.3 Å². The lowest BCUT2D eigenvalue weighted by Gasteiger charge is -2.44. The van der Waals surface area contributed by atoms with Crippen LogP contribution in [0.15, 0.2) is 0 Å². The van der Waals surface area contributed by atoms with Gasteiger partial charge in [-0.3, -0.25) is 0 Å². The highest BCUT2D eigenvalue weighted by Gasteiger charge is 2.42. The van der Waals surface area contributed by atoms with E-state index in [-0.39, 0.29) is 11.3 Å². The summed E-state index contributed by atoms with van der Waals surface area (Å²) in [5, 5.41) is 0. The molecule has 0 unspecified atom stereocenters. The zero-order valence-electron chi connectivity index (χ0n) is 8.11. The van der Waals surface area contributed by atoms with Crippen molar-refractivity contribution in [2.75, 3.05) is 0 Å². The maximum Gasteiger partial charge on any atom is 0.241 e. The first-order valence-corrected chi connectivity index (χ1v) is 4.75. The molecule has 0 N–H and O–H groups in total. The van der Waals surface area contributed by atoms with Gasteiger partial charge in [-0.15, -0.1) is 0 Å². The van der Waals surface area contributed by atoms with E-state index in [2.05, 4.69) is 20.8 Å². The van der Waals surface area contributed by atoms with Crippen LogP contribution in [0.3, 0.4) is 0 Å². The molecule has 1 aliphatic carbocycles. The van der Waals surface area contributed by atoms with Crippen LogP contribution in [0, 0.1) is 17.3 Å². The van der Waals surface area contributed by atoms with Gasteiger partial charge in [0.05, 0.1) is 0 Å². The third kappa shape index (κ3) is 1.78. The summed E-state index contributed by atoms with van der Waals surface area (Å²) in [4.78, 5) is 0. The second kappa shape index (κ2) is 3.31. The van der Waals surface area contributed by atoms with E-state index in [0.717, 1.165) is 19.3 Å². The monoisotopic (exact) mass is 176 g/mol. The highest BCUT2D eigenvalue weighted by atomic mass is 19.3. The number of hydrogen-bond donors (Lipinski definition) is 0. The van der Waals surface area contributed by atoms with Crippen molar-refractivity contribution in [2.45, 2.75) is 46.5 Å². The van der Waals surface area contributed by atoms with E-state index in [0.29, 0.717) is 5.92 Å². The molecule has 1 rings (SSSR count). The summed E-state index contributed by atoms with van der Waals surface area (Å²) in [5.41, 5.74) is 0.269. The molecule has 2 heteroatoms. The van der Waals surface area contributed by atoms with Crippen molar-refractivity contribution in [1.82, 2.24) is 0 Å². The summed E-state index contributed by atoms with van der Waals surface area (Å²) in [6, 6.07) is 0. The van der Waals surface area contributed by atoms with Crippen molar-refractivity contribution in [3.8, 4) is 0 Å². The Morgan fingerprint density at radius 2 is 1.83 bits per heavy atom.